The van der Waals surface area contributed by atoms with Crippen molar-refractivity contribution in [3.05, 3.63) is 0 Å². The fraction of sp³-hybridized carbons (Fsp3) is 0.600. The second-order valence-electron chi connectivity index (χ2n) is 1.49. The molecule has 0 aliphatic heterocycles. The first kappa shape index (κ1) is 8.65. The summed E-state index contributed by atoms with van der Waals surface area (Å²) in [5.41, 5.74) is 4.64. The summed E-state index contributed by atoms with van der Waals surface area (Å²) in [6, 6.07) is 0. The van der Waals surface area contributed by atoms with Gasteiger partial charge in [0.1, 0.15) is 0 Å². The molecule has 0 unspecified atom stereocenters. The van der Waals surface area contributed by atoms with Gasteiger partial charge in [0.05, 0.1) is 13.2 Å². The van der Waals surface area contributed by atoms with E-state index in [1.807, 2.05) is 0 Å². The fourth-order valence-corrected chi connectivity index (χ4v) is 0.362. The van der Waals surface area contributed by atoms with Crippen LogP contribution in [0.3, 0.4) is 0 Å². The summed E-state index contributed by atoms with van der Waals surface area (Å²) in [5.74, 6) is 0. The van der Waals surface area contributed by atoms with Crippen molar-refractivity contribution < 1.29 is 14.3 Å². The number of primary amides is 1. The van der Waals surface area contributed by atoms with Crippen molar-refractivity contribution in [2.75, 3.05) is 13.2 Å². The van der Waals surface area contributed by atoms with Gasteiger partial charge in [0.25, 0.3) is 0 Å². The molecule has 0 radical (unpaired) electrons. The lowest BCUT2D eigenvalue weighted by molar-refractivity contribution is 0.156. The highest BCUT2D eigenvalue weighted by Crippen LogP contribution is 1.81. The molecule has 0 aliphatic carbocycles. The quantitative estimate of drug-likeness (QED) is 0.337. The van der Waals surface area contributed by atoms with Crippen LogP contribution < -0.4 is 5.73 Å². The van der Waals surface area contributed by atoms with E-state index in [9.17, 15) is 9.59 Å². The maximum absolute atomic E-state index is 9.92. The van der Waals surface area contributed by atoms with Gasteiger partial charge >= 0.3 is 6.09 Å². The number of hydrogen-bond donors (Lipinski definition) is 1. The van der Waals surface area contributed by atoms with Gasteiger partial charge in [0.15, 0.2) is 0 Å². The molecule has 2 N–H and O–H groups in total. The molecular weight excluding hydrogens is 136 g/mol. The molecule has 10 heavy (non-hydrogen) atoms. The Morgan fingerprint density at radius 3 is 2.90 bits per heavy atom. The van der Waals surface area contributed by atoms with E-state index in [1.54, 1.807) is 0 Å². The van der Waals surface area contributed by atoms with E-state index in [0.717, 1.165) is 0 Å². The van der Waals surface area contributed by atoms with Crippen molar-refractivity contribution in [2.45, 2.75) is 6.42 Å². The minimum atomic E-state index is -0.810. The Balaban J connectivity index is 3.05. The van der Waals surface area contributed by atoms with Crippen LogP contribution in [0.5, 0.6) is 0 Å². The zero-order valence-electron chi connectivity index (χ0n) is 5.37. The van der Waals surface area contributed by atoms with Crippen LogP contribution in [0.1, 0.15) is 6.42 Å². The van der Waals surface area contributed by atoms with Gasteiger partial charge in [0, 0.05) is 6.42 Å². The molecule has 56 valence electrons. The summed E-state index contributed by atoms with van der Waals surface area (Å²) >= 11 is 0. The monoisotopic (exact) mass is 144 g/mol. The second-order valence-corrected chi connectivity index (χ2v) is 1.49. The third-order valence-electron chi connectivity index (χ3n) is 0.723. The zero-order chi connectivity index (χ0) is 7.82. The number of carbonyl (C=O) groups excluding carboxylic acids is 2. The molecule has 0 bridgehead atoms. The van der Waals surface area contributed by atoms with Crippen molar-refractivity contribution in [1.29, 1.82) is 0 Å². The van der Waals surface area contributed by atoms with Crippen LogP contribution in [-0.2, 0) is 9.53 Å². The number of carbonyl (C=O) groups is 1. The topological polar surface area (TPSA) is 81.8 Å². The van der Waals surface area contributed by atoms with Crippen LogP contribution in [0.15, 0.2) is 4.99 Å². The first-order valence-corrected chi connectivity index (χ1v) is 2.73. The average molecular weight is 144 g/mol. The molecule has 5 nitrogen and oxygen atoms in total. The Morgan fingerprint density at radius 1 is 1.70 bits per heavy atom. The maximum atomic E-state index is 9.92. The lowest BCUT2D eigenvalue weighted by Gasteiger charge is -1.95. The molecule has 0 aromatic rings. The maximum Gasteiger partial charge on any atom is 0.404 e. The fourth-order valence-electron chi connectivity index (χ4n) is 0.362. The molecule has 0 saturated heterocycles. The van der Waals surface area contributed by atoms with Crippen LogP contribution in [0.4, 0.5) is 4.79 Å². The molecule has 0 aliphatic rings. The van der Waals surface area contributed by atoms with Crippen LogP contribution >= 0.6 is 0 Å². The average Bonchev–Trinajstić information content (AvgIpc) is 1.87. The van der Waals surface area contributed by atoms with Gasteiger partial charge in [-0.2, -0.15) is 0 Å². The van der Waals surface area contributed by atoms with Crippen molar-refractivity contribution in [3.8, 4) is 0 Å². The summed E-state index contributed by atoms with van der Waals surface area (Å²) < 4.78 is 4.34. The van der Waals surface area contributed by atoms with Crippen LogP contribution in [0.25, 0.3) is 0 Å². The summed E-state index contributed by atoms with van der Waals surface area (Å²) in [6.45, 7) is 0.511. The molecule has 0 atom stereocenters. The van der Waals surface area contributed by atoms with Gasteiger partial charge in [0.2, 0.25) is 6.08 Å². The van der Waals surface area contributed by atoms with Crippen LogP contribution in [0.2, 0.25) is 0 Å². The Bertz CT molecular complexity index is 147. The molecule has 0 spiro atoms. The molecule has 0 rings (SSSR count). The molecule has 0 heterocycles. The third-order valence-corrected chi connectivity index (χ3v) is 0.723. The zero-order valence-corrected chi connectivity index (χ0v) is 5.37. The Hall–Kier alpha value is -1.35. The molecule has 1 amide bonds. The first-order chi connectivity index (χ1) is 4.77. The summed E-state index contributed by atoms with van der Waals surface area (Å²) in [4.78, 5) is 22.6. The number of hydrogen-bond acceptors (Lipinski definition) is 4. The Kier molecular flexibility index (Phi) is 5.00. The first-order valence-electron chi connectivity index (χ1n) is 2.73. The van der Waals surface area contributed by atoms with E-state index in [0.29, 0.717) is 13.0 Å². The smallest absolute Gasteiger partial charge is 0.404 e. The number of ether oxygens (including phenoxy) is 1. The molecule has 5 heteroatoms. The minimum Gasteiger partial charge on any atom is -0.450 e. The number of rotatable bonds is 4. The molecular formula is C5H8N2O3. The van der Waals surface area contributed by atoms with Crippen molar-refractivity contribution in [2.24, 2.45) is 10.7 Å². The number of aliphatic imine (C=N–C) groups is 1. The predicted molar refractivity (Wildman–Crippen MR) is 33.1 cm³/mol. The number of nitrogens with two attached hydrogens (primary N) is 1. The summed E-state index contributed by atoms with van der Waals surface area (Å²) in [5, 5.41) is 0. The largest absolute Gasteiger partial charge is 0.450 e. The van der Waals surface area contributed by atoms with E-state index in [2.05, 4.69) is 15.5 Å². The SMILES string of the molecule is NC(=O)OCCCN=C=O. The highest BCUT2D eigenvalue weighted by atomic mass is 16.5. The van der Waals surface area contributed by atoms with Gasteiger partial charge in [-0.15, -0.1) is 0 Å². The highest BCUT2D eigenvalue weighted by Gasteiger charge is 1.90. The van der Waals surface area contributed by atoms with Gasteiger partial charge < -0.3 is 10.5 Å². The number of isocyanates is 1. The van der Waals surface area contributed by atoms with Gasteiger partial charge in [-0.25, -0.2) is 14.6 Å². The minimum absolute atomic E-state index is 0.195. The van der Waals surface area contributed by atoms with Crippen molar-refractivity contribution >= 4 is 12.2 Å². The summed E-state index contributed by atoms with van der Waals surface area (Å²) in [6.07, 6.45) is 1.05. The molecule has 0 fully saturated rings. The lowest BCUT2D eigenvalue weighted by atomic mass is 10.5. The highest BCUT2D eigenvalue weighted by molar-refractivity contribution is 5.64. The predicted octanol–water partition coefficient (Wildman–Crippen LogP) is -0.192. The van der Waals surface area contributed by atoms with Gasteiger partial charge in [-0.1, -0.05) is 0 Å². The summed E-state index contributed by atoms with van der Waals surface area (Å²) in [7, 11) is 0. The van der Waals surface area contributed by atoms with Crippen molar-refractivity contribution in [3.63, 3.8) is 0 Å². The van der Waals surface area contributed by atoms with E-state index in [1.165, 1.54) is 6.08 Å². The standard InChI is InChI=1S/C5H8N2O3/c6-5(9)10-3-1-2-7-4-8/h1-3H2,(H2,6,9). The third kappa shape index (κ3) is 6.65. The molecule has 0 aromatic heterocycles. The molecule has 0 saturated carbocycles. The second kappa shape index (κ2) is 5.78. The van der Waals surface area contributed by atoms with Gasteiger partial charge in [-0.05, 0) is 0 Å². The van der Waals surface area contributed by atoms with E-state index in [4.69, 9.17) is 0 Å². The van der Waals surface area contributed by atoms with E-state index in [-0.39, 0.29) is 6.61 Å². The van der Waals surface area contributed by atoms with E-state index >= 15 is 0 Å². The number of amides is 1. The van der Waals surface area contributed by atoms with Crippen molar-refractivity contribution in [1.82, 2.24) is 0 Å². The normalized spacial score (nSPS) is 8.00. The molecule has 0 aromatic carbocycles. The Labute approximate surface area is 57.9 Å². The van der Waals surface area contributed by atoms with Crippen LogP contribution in [0, 0.1) is 0 Å². The Morgan fingerprint density at radius 2 is 2.40 bits per heavy atom. The van der Waals surface area contributed by atoms with Crippen LogP contribution in [-0.4, -0.2) is 25.3 Å². The van der Waals surface area contributed by atoms with E-state index < -0.39 is 6.09 Å². The number of nitrogens with zero attached hydrogens (tertiary/aromatic N) is 1. The van der Waals surface area contributed by atoms with Gasteiger partial charge in [-0.3, -0.25) is 0 Å². The lowest BCUT2D eigenvalue weighted by Crippen LogP contribution is -2.13.